The lowest BCUT2D eigenvalue weighted by molar-refractivity contribution is 0.0903. The van der Waals surface area contributed by atoms with Crippen molar-refractivity contribution in [2.45, 2.75) is 25.7 Å². The monoisotopic (exact) mass is 306 g/mol. The van der Waals surface area contributed by atoms with Gasteiger partial charge >= 0.3 is 0 Å². The molecule has 1 aromatic heterocycles. The van der Waals surface area contributed by atoms with Crippen molar-refractivity contribution in [2.24, 2.45) is 0 Å². The molecule has 0 spiro atoms. The van der Waals surface area contributed by atoms with Crippen LogP contribution in [0.2, 0.25) is 0 Å². The molecule has 0 saturated carbocycles. The van der Waals surface area contributed by atoms with Crippen LogP contribution in [0.15, 0.2) is 30.6 Å². The fraction of sp³-hybridized carbons (Fsp3) is 0.312. The number of aromatic nitrogens is 2. The zero-order valence-corrected chi connectivity index (χ0v) is 12.3. The first-order valence-corrected chi connectivity index (χ1v) is 6.74. The standard InChI is InChI=1S/C16H16F2N2O2/c1-16(2,11-3-4-12(17)13(18)5-11)6-15-19-7-10(8-20-15)14(22)9-21/h3-5,7-8,21H,6,9H2,1-2H3. The minimum atomic E-state index is -0.893. The summed E-state index contributed by atoms with van der Waals surface area (Å²) in [4.78, 5) is 19.5. The van der Waals surface area contributed by atoms with Crippen molar-refractivity contribution >= 4 is 5.78 Å². The van der Waals surface area contributed by atoms with Crippen LogP contribution in [0.25, 0.3) is 0 Å². The number of hydrogen-bond acceptors (Lipinski definition) is 4. The van der Waals surface area contributed by atoms with Gasteiger partial charge < -0.3 is 5.11 Å². The molecule has 1 N–H and O–H groups in total. The van der Waals surface area contributed by atoms with Crippen LogP contribution in [0, 0.1) is 11.6 Å². The molecule has 0 unspecified atom stereocenters. The highest BCUT2D eigenvalue weighted by molar-refractivity contribution is 5.96. The number of carbonyl (C=O) groups excluding carboxylic acids is 1. The van der Waals surface area contributed by atoms with Crippen molar-refractivity contribution in [1.29, 1.82) is 0 Å². The Morgan fingerprint density at radius 2 is 1.82 bits per heavy atom. The molecular weight excluding hydrogens is 290 g/mol. The molecule has 4 nitrogen and oxygen atoms in total. The third-order valence-electron chi connectivity index (χ3n) is 3.47. The number of carbonyl (C=O) groups is 1. The van der Waals surface area contributed by atoms with Crippen molar-refractivity contribution < 1.29 is 18.7 Å². The van der Waals surface area contributed by atoms with Crippen LogP contribution >= 0.6 is 0 Å². The van der Waals surface area contributed by atoms with E-state index in [2.05, 4.69) is 9.97 Å². The van der Waals surface area contributed by atoms with Gasteiger partial charge in [-0.3, -0.25) is 4.79 Å². The highest BCUT2D eigenvalue weighted by Gasteiger charge is 2.24. The first-order chi connectivity index (χ1) is 10.3. The zero-order chi connectivity index (χ0) is 16.3. The van der Waals surface area contributed by atoms with Crippen molar-refractivity contribution in [3.8, 4) is 0 Å². The third kappa shape index (κ3) is 3.51. The maximum atomic E-state index is 13.4. The summed E-state index contributed by atoms with van der Waals surface area (Å²) in [6, 6.07) is 3.79. The van der Waals surface area contributed by atoms with Gasteiger partial charge in [0.1, 0.15) is 12.4 Å². The van der Waals surface area contributed by atoms with Crippen LogP contribution in [0.5, 0.6) is 0 Å². The lowest BCUT2D eigenvalue weighted by atomic mass is 9.81. The average Bonchev–Trinajstić information content (AvgIpc) is 2.49. The number of benzene rings is 1. The van der Waals surface area contributed by atoms with Crippen LogP contribution in [0.1, 0.15) is 35.6 Å². The van der Waals surface area contributed by atoms with Crippen LogP contribution in [-0.2, 0) is 11.8 Å². The highest BCUT2D eigenvalue weighted by Crippen LogP contribution is 2.27. The van der Waals surface area contributed by atoms with Crippen molar-refractivity contribution in [1.82, 2.24) is 9.97 Å². The molecule has 116 valence electrons. The summed E-state index contributed by atoms with van der Waals surface area (Å²) in [5, 5.41) is 8.77. The van der Waals surface area contributed by atoms with Crippen LogP contribution in [0.3, 0.4) is 0 Å². The van der Waals surface area contributed by atoms with Crippen molar-refractivity contribution in [3.63, 3.8) is 0 Å². The highest BCUT2D eigenvalue weighted by atomic mass is 19.2. The first-order valence-electron chi connectivity index (χ1n) is 6.74. The molecule has 0 saturated heterocycles. The van der Waals surface area contributed by atoms with E-state index in [-0.39, 0.29) is 5.56 Å². The molecule has 0 bridgehead atoms. The Labute approximate surface area is 126 Å². The van der Waals surface area contributed by atoms with Gasteiger partial charge in [0.05, 0.1) is 5.56 Å². The molecule has 0 fully saturated rings. The molecule has 6 heteroatoms. The van der Waals surface area contributed by atoms with Gasteiger partial charge in [-0.15, -0.1) is 0 Å². The van der Waals surface area contributed by atoms with Gasteiger partial charge in [-0.05, 0) is 23.1 Å². The number of aliphatic hydroxyl groups excluding tert-OH is 1. The number of Topliss-reactive ketones (excluding diaryl/α,β-unsaturated/α-hetero) is 1. The summed E-state index contributed by atoms with van der Waals surface area (Å²) < 4.78 is 26.4. The van der Waals surface area contributed by atoms with Gasteiger partial charge in [-0.2, -0.15) is 0 Å². The molecule has 0 amide bonds. The summed E-state index contributed by atoms with van der Waals surface area (Å²) >= 11 is 0. The van der Waals surface area contributed by atoms with Crippen LogP contribution in [-0.4, -0.2) is 27.5 Å². The Morgan fingerprint density at radius 3 is 2.36 bits per heavy atom. The summed E-state index contributed by atoms with van der Waals surface area (Å²) in [5.41, 5.74) is 0.360. The molecule has 1 aromatic carbocycles. The van der Waals surface area contributed by atoms with E-state index in [9.17, 15) is 13.6 Å². The normalized spacial score (nSPS) is 11.5. The number of rotatable bonds is 5. The lowest BCUT2D eigenvalue weighted by Crippen LogP contribution is -2.22. The Balaban J connectivity index is 2.20. The van der Waals surface area contributed by atoms with Gasteiger partial charge in [0.15, 0.2) is 17.4 Å². The molecule has 2 rings (SSSR count). The van der Waals surface area contributed by atoms with Gasteiger partial charge in [0.25, 0.3) is 0 Å². The van der Waals surface area contributed by atoms with E-state index in [1.54, 1.807) is 0 Å². The van der Waals surface area contributed by atoms with E-state index >= 15 is 0 Å². The molecule has 0 aliphatic carbocycles. The smallest absolute Gasteiger partial charge is 0.191 e. The molecule has 0 radical (unpaired) electrons. The summed E-state index contributed by atoms with van der Waals surface area (Å²) in [5.74, 6) is -1.76. The quantitative estimate of drug-likeness (QED) is 0.862. The SMILES string of the molecule is CC(C)(Cc1ncc(C(=O)CO)cn1)c1ccc(F)c(F)c1. The van der Waals surface area contributed by atoms with Crippen molar-refractivity contribution in [2.75, 3.05) is 6.61 Å². The zero-order valence-electron chi connectivity index (χ0n) is 12.3. The lowest BCUT2D eigenvalue weighted by Gasteiger charge is -2.24. The number of nitrogens with zero attached hydrogens (tertiary/aromatic N) is 2. The van der Waals surface area contributed by atoms with Gasteiger partial charge in [-0.25, -0.2) is 18.7 Å². The molecule has 2 aromatic rings. The topological polar surface area (TPSA) is 63.1 Å². The Bertz CT molecular complexity index is 685. The number of halogens is 2. The Hall–Kier alpha value is -2.21. The number of aliphatic hydroxyl groups is 1. The molecule has 0 aliphatic heterocycles. The molecule has 0 aliphatic rings. The van der Waals surface area contributed by atoms with E-state index in [1.165, 1.54) is 24.5 Å². The second kappa shape index (κ2) is 6.27. The van der Waals surface area contributed by atoms with Crippen LogP contribution < -0.4 is 0 Å². The largest absolute Gasteiger partial charge is 0.388 e. The van der Waals surface area contributed by atoms with Gasteiger partial charge in [0.2, 0.25) is 0 Å². The predicted octanol–water partition coefficient (Wildman–Crippen LogP) is 2.45. The fourth-order valence-corrected chi connectivity index (χ4v) is 2.10. The molecule has 22 heavy (non-hydrogen) atoms. The predicted molar refractivity (Wildman–Crippen MR) is 76.5 cm³/mol. The van der Waals surface area contributed by atoms with Crippen molar-refractivity contribution in [3.05, 3.63) is 59.2 Å². The Kier molecular flexibility index (Phi) is 4.61. The van der Waals surface area contributed by atoms with Crippen LogP contribution in [0.4, 0.5) is 8.78 Å². The third-order valence-corrected chi connectivity index (χ3v) is 3.47. The first kappa shape index (κ1) is 16.2. The average molecular weight is 306 g/mol. The fourth-order valence-electron chi connectivity index (χ4n) is 2.10. The summed E-state index contributed by atoms with van der Waals surface area (Å²) in [6.45, 7) is 3.15. The van der Waals surface area contributed by atoms with E-state index in [0.717, 1.165) is 6.07 Å². The number of ketones is 1. The molecule has 0 atom stereocenters. The summed E-state index contributed by atoms with van der Waals surface area (Å²) in [6.07, 6.45) is 3.09. The second-order valence-corrected chi connectivity index (χ2v) is 5.66. The van der Waals surface area contributed by atoms with E-state index in [4.69, 9.17) is 5.11 Å². The van der Waals surface area contributed by atoms with Gasteiger partial charge in [-0.1, -0.05) is 19.9 Å². The number of hydrogen-bond donors (Lipinski definition) is 1. The van der Waals surface area contributed by atoms with Gasteiger partial charge in [0, 0.05) is 18.8 Å². The minimum absolute atomic E-state index is 0.233. The van der Waals surface area contributed by atoms with E-state index in [1.807, 2.05) is 13.8 Å². The van der Waals surface area contributed by atoms with E-state index < -0.39 is 29.4 Å². The minimum Gasteiger partial charge on any atom is -0.388 e. The summed E-state index contributed by atoms with van der Waals surface area (Å²) in [7, 11) is 0. The van der Waals surface area contributed by atoms with E-state index in [0.29, 0.717) is 17.8 Å². The molecular formula is C16H16F2N2O2. The second-order valence-electron chi connectivity index (χ2n) is 5.66. The maximum Gasteiger partial charge on any atom is 0.191 e. The Morgan fingerprint density at radius 1 is 1.18 bits per heavy atom. The molecule has 1 heterocycles. The maximum absolute atomic E-state index is 13.4.